The average molecular weight is 339 g/mol. The minimum absolute atomic E-state index is 0.0720. The lowest BCUT2D eigenvalue weighted by molar-refractivity contribution is -0.109. The van der Waals surface area contributed by atoms with Crippen LogP contribution in [-0.2, 0) is 4.79 Å². The molecular formula is C20H21NO4. The molecule has 1 atom stereocenters. The minimum Gasteiger partial charge on any atom is -0.486 e. The zero-order valence-electron chi connectivity index (χ0n) is 14.4. The monoisotopic (exact) mass is 339 g/mol. The van der Waals surface area contributed by atoms with Crippen molar-refractivity contribution >= 4 is 6.29 Å². The molecule has 0 fully saturated rings. The van der Waals surface area contributed by atoms with Gasteiger partial charge in [0.15, 0.2) is 6.29 Å². The van der Waals surface area contributed by atoms with Crippen LogP contribution in [-0.4, -0.2) is 23.2 Å². The van der Waals surface area contributed by atoms with Gasteiger partial charge in [-0.3, -0.25) is 4.79 Å². The fourth-order valence-electron chi connectivity index (χ4n) is 2.63. The molecule has 1 aromatic heterocycles. The number of aldehydes is 1. The molecule has 0 aliphatic rings. The summed E-state index contributed by atoms with van der Waals surface area (Å²) in [5.41, 5.74) is 3.56. The van der Waals surface area contributed by atoms with Crippen LogP contribution in [0.15, 0.2) is 59.7 Å². The molecule has 1 N–H and O–H groups in total. The van der Waals surface area contributed by atoms with Gasteiger partial charge in [-0.2, -0.15) is 0 Å². The Hall–Kier alpha value is -2.92. The first-order chi connectivity index (χ1) is 12.0. The van der Waals surface area contributed by atoms with E-state index in [4.69, 9.17) is 9.26 Å². The predicted molar refractivity (Wildman–Crippen MR) is 96.4 cm³/mol. The standard InChI is InChI=1S/C20H21NO4/c1-5-7-15(6-2)20(23)17-10-16(11-18(12-17)24-9-8-22)19-13(3)21-25-14(19)4/h5-8,10-12,20,23H,1-2,9H2,3-4H3/b15-7+. The maximum atomic E-state index is 10.7. The Balaban J connectivity index is 2.58. The van der Waals surface area contributed by atoms with E-state index in [0.717, 1.165) is 16.8 Å². The molecule has 2 aromatic rings. The molecule has 2 rings (SSSR count). The summed E-state index contributed by atoms with van der Waals surface area (Å²) in [5, 5.41) is 14.6. The van der Waals surface area contributed by atoms with Crippen LogP contribution >= 0.6 is 0 Å². The van der Waals surface area contributed by atoms with Crippen LogP contribution in [0.4, 0.5) is 0 Å². The van der Waals surface area contributed by atoms with Crippen molar-refractivity contribution in [2.24, 2.45) is 0 Å². The van der Waals surface area contributed by atoms with E-state index in [1.807, 2.05) is 19.9 Å². The lowest BCUT2D eigenvalue weighted by atomic mass is 9.95. The van der Waals surface area contributed by atoms with E-state index in [0.29, 0.717) is 28.9 Å². The van der Waals surface area contributed by atoms with Crippen molar-refractivity contribution in [3.05, 3.63) is 72.2 Å². The van der Waals surface area contributed by atoms with Crippen molar-refractivity contribution in [3.8, 4) is 16.9 Å². The van der Waals surface area contributed by atoms with Crippen LogP contribution < -0.4 is 4.74 Å². The average Bonchev–Trinajstić information content (AvgIpc) is 2.95. The molecule has 0 amide bonds. The first kappa shape index (κ1) is 18.4. The topological polar surface area (TPSA) is 72.6 Å². The molecular weight excluding hydrogens is 318 g/mol. The van der Waals surface area contributed by atoms with Crippen molar-refractivity contribution in [1.82, 2.24) is 5.16 Å². The number of aliphatic hydroxyl groups excluding tert-OH is 1. The zero-order chi connectivity index (χ0) is 18.4. The molecule has 5 nitrogen and oxygen atoms in total. The molecule has 1 heterocycles. The maximum absolute atomic E-state index is 10.7. The quantitative estimate of drug-likeness (QED) is 0.584. The fourth-order valence-corrected chi connectivity index (χ4v) is 2.63. The highest BCUT2D eigenvalue weighted by atomic mass is 16.5. The number of benzene rings is 1. The number of allylic oxidation sites excluding steroid dienone is 2. The summed E-state index contributed by atoms with van der Waals surface area (Å²) < 4.78 is 10.7. The van der Waals surface area contributed by atoms with Gasteiger partial charge in [-0.05, 0) is 48.7 Å². The van der Waals surface area contributed by atoms with Crippen molar-refractivity contribution < 1.29 is 19.2 Å². The van der Waals surface area contributed by atoms with Gasteiger partial charge in [0, 0.05) is 5.56 Å². The minimum atomic E-state index is -0.908. The molecule has 1 unspecified atom stereocenters. The molecule has 0 aliphatic carbocycles. The molecule has 0 bridgehead atoms. The summed E-state index contributed by atoms with van der Waals surface area (Å²) in [4.78, 5) is 10.6. The van der Waals surface area contributed by atoms with Crippen LogP contribution in [0, 0.1) is 13.8 Å². The molecule has 0 aliphatic heterocycles. The van der Waals surface area contributed by atoms with E-state index < -0.39 is 6.10 Å². The van der Waals surface area contributed by atoms with Crippen molar-refractivity contribution in [3.63, 3.8) is 0 Å². The number of nitrogens with zero attached hydrogens (tertiary/aromatic N) is 1. The Morgan fingerprint density at radius 1 is 1.36 bits per heavy atom. The molecule has 130 valence electrons. The van der Waals surface area contributed by atoms with Crippen LogP contribution in [0.5, 0.6) is 5.75 Å². The lowest BCUT2D eigenvalue weighted by Gasteiger charge is -2.16. The second kappa shape index (κ2) is 8.26. The van der Waals surface area contributed by atoms with Gasteiger partial charge in [0.05, 0.1) is 5.69 Å². The number of aliphatic hydroxyl groups is 1. The number of aryl methyl sites for hydroxylation is 2. The maximum Gasteiger partial charge on any atom is 0.157 e. The molecule has 5 heteroatoms. The number of rotatable bonds is 8. The van der Waals surface area contributed by atoms with E-state index in [1.165, 1.54) is 0 Å². The summed E-state index contributed by atoms with van der Waals surface area (Å²) >= 11 is 0. The van der Waals surface area contributed by atoms with Crippen molar-refractivity contribution in [2.45, 2.75) is 20.0 Å². The highest BCUT2D eigenvalue weighted by Gasteiger charge is 2.17. The Morgan fingerprint density at radius 2 is 2.12 bits per heavy atom. The first-order valence-corrected chi connectivity index (χ1v) is 7.79. The van der Waals surface area contributed by atoms with E-state index in [2.05, 4.69) is 18.3 Å². The number of ether oxygens (including phenoxy) is 1. The van der Waals surface area contributed by atoms with E-state index in [9.17, 15) is 9.90 Å². The molecule has 0 saturated heterocycles. The summed E-state index contributed by atoms with van der Waals surface area (Å²) in [6.07, 6.45) is 4.61. The molecule has 0 radical (unpaired) electrons. The Labute approximate surface area is 146 Å². The lowest BCUT2D eigenvalue weighted by Crippen LogP contribution is -2.03. The second-order valence-corrected chi connectivity index (χ2v) is 5.48. The summed E-state index contributed by atoms with van der Waals surface area (Å²) in [7, 11) is 0. The highest BCUT2D eigenvalue weighted by Crippen LogP contribution is 2.34. The number of carbonyl (C=O) groups excluding carboxylic acids is 1. The summed E-state index contributed by atoms with van der Waals surface area (Å²) in [6.45, 7) is 11.0. The largest absolute Gasteiger partial charge is 0.486 e. The summed E-state index contributed by atoms with van der Waals surface area (Å²) in [5.74, 6) is 1.14. The Kier molecular flexibility index (Phi) is 6.08. The number of aromatic nitrogens is 1. The number of hydrogen-bond donors (Lipinski definition) is 1. The van der Waals surface area contributed by atoms with Gasteiger partial charge >= 0.3 is 0 Å². The zero-order valence-corrected chi connectivity index (χ0v) is 14.4. The number of hydrogen-bond acceptors (Lipinski definition) is 5. The van der Waals surface area contributed by atoms with Gasteiger partial charge in [0.2, 0.25) is 0 Å². The van der Waals surface area contributed by atoms with Gasteiger partial charge in [-0.1, -0.05) is 36.5 Å². The fraction of sp³-hybridized carbons (Fsp3) is 0.200. The third-order valence-electron chi connectivity index (χ3n) is 3.75. The third-order valence-corrected chi connectivity index (χ3v) is 3.75. The normalized spacial score (nSPS) is 12.5. The first-order valence-electron chi connectivity index (χ1n) is 7.79. The molecule has 1 aromatic carbocycles. The molecule has 25 heavy (non-hydrogen) atoms. The Morgan fingerprint density at radius 3 is 2.68 bits per heavy atom. The SMILES string of the molecule is C=C/C=C(\C=C)C(O)c1cc(OCC=O)cc(-c2c(C)noc2C)c1. The van der Waals surface area contributed by atoms with Gasteiger partial charge in [-0.25, -0.2) is 0 Å². The highest BCUT2D eigenvalue weighted by molar-refractivity contribution is 5.70. The second-order valence-electron chi connectivity index (χ2n) is 5.48. The predicted octanol–water partition coefficient (Wildman–Crippen LogP) is 3.87. The van der Waals surface area contributed by atoms with Crippen LogP contribution in [0.25, 0.3) is 11.1 Å². The Bertz CT molecular complexity index is 798. The van der Waals surface area contributed by atoms with Crippen LogP contribution in [0.1, 0.15) is 23.1 Å². The van der Waals surface area contributed by atoms with Crippen LogP contribution in [0.3, 0.4) is 0 Å². The number of carbonyl (C=O) groups is 1. The van der Waals surface area contributed by atoms with E-state index in [1.54, 1.807) is 30.4 Å². The molecule has 0 saturated carbocycles. The van der Waals surface area contributed by atoms with Gasteiger partial charge in [0.1, 0.15) is 24.2 Å². The van der Waals surface area contributed by atoms with E-state index in [-0.39, 0.29) is 6.61 Å². The third kappa shape index (κ3) is 4.14. The summed E-state index contributed by atoms with van der Waals surface area (Å²) in [6, 6.07) is 5.32. The smallest absolute Gasteiger partial charge is 0.157 e. The van der Waals surface area contributed by atoms with Gasteiger partial charge < -0.3 is 14.4 Å². The van der Waals surface area contributed by atoms with E-state index >= 15 is 0 Å². The van der Waals surface area contributed by atoms with Crippen molar-refractivity contribution in [2.75, 3.05) is 6.61 Å². The van der Waals surface area contributed by atoms with Gasteiger partial charge in [-0.15, -0.1) is 0 Å². The van der Waals surface area contributed by atoms with Crippen molar-refractivity contribution in [1.29, 1.82) is 0 Å². The molecule has 0 spiro atoms. The van der Waals surface area contributed by atoms with Crippen LogP contribution in [0.2, 0.25) is 0 Å². The van der Waals surface area contributed by atoms with Gasteiger partial charge in [0.25, 0.3) is 0 Å².